The van der Waals surface area contributed by atoms with Gasteiger partial charge in [0.15, 0.2) is 0 Å². The third-order valence-corrected chi connectivity index (χ3v) is 1.96. The van der Waals surface area contributed by atoms with Crippen LogP contribution in [0.5, 0.6) is 0 Å². The van der Waals surface area contributed by atoms with Crippen molar-refractivity contribution in [1.29, 1.82) is 0 Å². The van der Waals surface area contributed by atoms with Gasteiger partial charge in [-0.2, -0.15) is 0 Å². The van der Waals surface area contributed by atoms with Crippen LogP contribution in [-0.2, 0) is 4.79 Å². The molecule has 0 saturated heterocycles. The van der Waals surface area contributed by atoms with Crippen molar-refractivity contribution in [1.82, 2.24) is 0 Å². The minimum atomic E-state index is -1.07. The van der Waals surface area contributed by atoms with Crippen LogP contribution in [-0.4, -0.2) is 11.1 Å². The lowest BCUT2D eigenvalue weighted by molar-refractivity contribution is -0.130. The topological polar surface area (TPSA) is 37.3 Å². The van der Waals surface area contributed by atoms with Crippen LogP contribution in [0.2, 0.25) is 0 Å². The zero-order valence-electron chi connectivity index (χ0n) is 8.03. The van der Waals surface area contributed by atoms with Crippen LogP contribution in [0.3, 0.4) is 0 Å². The fourth-order valence-electron chi connectivity index (χ4n) is 1.26. The van der Waals surface area contributed by atoms with E-state index >= 15 is 0 Å². The quantitative estimate of drug-likeness (QED) is 0.723. The maximum absolute atomic E-state index is 10.3. The molecule has 1 aromatic carbocycles. The van der Waals surface area contributed by atoms with Crippen LogP contribution in [0.25, 0.3) is 0 Å². The molecule has 14 heavy (non-hydrogen) atoms. The molecule has 1 rings (SSSR count). The second-order valence-electron chi connectivity index (χ2n) is 2.95. The van der Waals surface area contributed by atoms with Crippen molar-refractivity contribution in [3.63, 3.8) is 0 Å². The van der Waals surface area contributed by atoms with E-state index in [4.69, 9.17) is 5.11 Å². The summed E-state index contributed by atoms with van der Waals surface area (Å²) < 4.78 is 0. The summed E-state index contributed by atoms with van der Waals surface area (Å²) in [5.74, 6) is 3.85. The molecule has 72 valence electrons. The Balaban J connectivity index is 2.85. The first-order chi connectivity index (χ1) is 6.74. The van der Waals surface area contributed by atoms with Gasteiger partial charge in [0, 0.05) is 11.8 Å². The lowest BCUT2D eigenvalue weighted by Crippen LogP contribution is -1.95. The maximum atomic E-state index is 10.3. The van der Waals surface area contributed by atoms with Gasteiger partial charge in [-0.1, -0.05) is 43.2 Å². The largest absolute Gasteiger partial charge is 0.472 e. The molecule has 0 aromatic heterocycles. The summed E-state index contributed by atoms with van der Waals surface area (Å²) in [5.41, 5.74) is 1.07. The Labute approximate surface area is 83.6 Å². The molecule has 0 radical (unpaired) electrons. The second kappa shape index (κ2) is 5.08. The average molecular weight is 188 g/mol. The molecular formula is C12H12O2. The number of rotatable bonds is 2. The Bertz CT molecular complexity index is 357. The Morgan fingerprint density at radius 1 is 1.43 bits per heavy atom. The standard InChI is InChI=1S/C12H12O2/c1-2-10(8-9-12(13)14)11-6-4-3-5-7-11/h3-7,10H,2H2,1H3,(H,13,14). The van der Waals surface area contributed by atoms with E-state index in [1.54, 1.807) is 0 Å². The molecule has 0 saturated carbocycles. The molecule has 1 atom stereocenters. The van der Waals surface area contributed by atoms with E-state index in [2.05, 4.69) is 11.8 Å². The lowest BCUT2D eigenvalue weighted by Gasteiger charge is -2.06. The average Bonchev–Trinajstić information content (AvgIpc) is 2.20. The van der Waals surface area contributed by atoms with Crippen molar-refractivity contribution in [3.05, 3.63) is 35.9 Å². The number of carboxylic acid groups (broad SMARTS) is 1. The molecular weight excluding hydrogens is 176 g/mol. The van der Waals surface area contributed by atoms with Gasteiger partial charge in [-0.15, -0.1) is 0 Å². The summed E-state index contributed by atoms with van der Waals surface area (Å²) in [6, 6.07) is 9.72. The van der Waals surface area contributed by atoms with E-state index in [9.17, 15) is 4.79 Å². The minimum Gasteiger partial charge on any atom is -0.472 e. The van der Waals surface area contributed by atoms with Crippen LogP contribution in [0.4, 0.5) is 0 Å². The van der Waals surface area contributed by atoms with E-state index in [0.29, 0.717) is 0 Å². The predicted molar refractivity (Wildman–Crippen MR) is 54.9 cm³/mol. The molecule has 0 aliphatic carbocycles. The van der Waals surface area contributed by atoms with E-state index in [1.165, 1.54) is 0 Å². The molecule has 1 N–H and O–H groups in total. The summed E-state index contributed by atoms with van der Waals surface area (Å²) in [5, 5.41) is 8.43. The number of carbonyl (C=O) groups is 1. The third-order valence-electron chi connectivity index (χ3n) is 1.96. The van der Waals surface area contributed by atoms with E-state index < -0.39 is 5.97 Å². The van der Waals surface area contributed by atoms with Gasteiger partial charge in [0.25, 0.3) is 0 Å². The molecule has 0 aliphatic rings. The molecule has 1 unspecified atom stereocenters. The second-order valence-corrected chi connectivity index (χ2v) is 2.95. The monoisotopic (exact) mass is 188 g/mol. The number of aliphatic carboxylic acids is 1. The van der Waals surface area contributed by atoms with E-state index in [0.717, 1.165) is 12.0 Å². The number of carboxylic acids is 1. The smallest absolute Gasteiger partial charge is 0.381 e. The third kappa shape index (κ3) is 2.95. The highest BCUT2D eigenvalue weighted by Gasteiger charge is 2.04. The first-order valence-electron chi connectivity index (χ1n) is 4.53. The van der Waals surface area contributed by atoms with Crippen molar-refractivity contribution in [2.45, 2.75) is 19.3 Å². The predicted octanol–water partition coefficient (Wildman–Crippen LogP) is 2.27. The molecule has 0 fully saturated rings. The Hall–Kier alpha value is -1.75. The van der Waals surface area contributed by atoms with E-state index in [-0.39, 0.29) is 5.92 Å². The van der Waals surface area contributed by atoms with Crippen molar-refractivity contribution < 1.29 is 9.90 Å². The highest BCUT2D eigenvalue weighted by atomic mass is 16.4. The summed E-state index contributed by atoms with van der Waals surface area (Å²) in [6.07, 6.45) is 0.824. The number of hydrogen-bond donors (Lipinski definition) is 1. The molecule has 0 spiro atoms. The van der Waals surface area contributed by atoms with Crippen molar-refractivity contribution in [2.24, 2.45) is 0 Å². The van der Waals surface area contributed by atoms with Crippen molar-refractivity contribution in [2.75, 3.05) is 0 Å². The van der Waals surface area contributed by atoms with Gasteiger partial charge in [-0.3, -0.25) is 0 Å². The first-order valence-corrected chi connectivity index (χ1v) is 4.53. The molecule has 0 bridgehead atoms. The summed E-state index contributed by atoms with van der Waals surface area (Å²) in [4.78, 5) is 10.3. The van der Waals surface area contributed by atoms with Gasteiger partial charge in [-0.25, -0.2) is 4.79 Å². The number of hydrogen-bond acceptors (Lipinski definition) is 1. The molecule has 0 aliphatic heterocycles. The first kappa shape index (κ1) is 10.3. The Morgan fingerprint density at radius 3 is 2.57 bits per heavy atom. The molecule has 2 heteroatoms. The molecule has 0 heterocycles. The zero-order chi connectivity index (χ0) is 10.4. The molecule has 0 amide bonds. The number of benzene rings is 1. The Morgan fingerprint density at radius 2 is 2.07 bits per heavy atom. The molecule has 2 nitrogen and oxygen atoms in total. The summed E-state index contributed by atoms with van der Waals surface area (Å²) in [6.45, 7) is 1.99. The maximum Gasteiger partial charge on any atom is 0.381 e. The van der Waals surface area contributed by atoms with Crippen molar-refractivity contribution in [3.8, 4) is 11.8 Å². The Kier molecular flexibility index (Phi) is 3.75. The van der Waals surface area contributed by atoms with Gasteiger partial charge in [0.1, 0.15) is 0 Å². The molecule has 1 aromatic rings. The van der Waals surface area contributed by atoms with Crippen LogP contribution >= 0.6 is 0 Å². The summed E-state index contributed by atoms with van der Waals surface area (Å²) >= 11 is 0. The van der Waals surface area contributed by atoms with Gasteiger partial charge in [0.2, 0.25) is 0 Å². The van der Waals surface area contributed by atoms with E-state index in [1.807, 2.05) is 37.3 Å². The van der Waals surface area contributed by atoms with Gasteiger partial charge < -0.3 is 5.11 Å². The van der Waals surface area contributed by atoms with Crippen LogP contribution in [0, 0.1) is 11.8 Å². The normalized spacial score (nSPS) is 11.2. The zero-order valence-corrected chi connectivity index (χ0v) is 8.03. The minimum absolute atomic E-state index is 0.0206. The van der Waals surface area contributed by atoms with Gasteiger partial charge in [0.05, 0.1) is 0 Å². The van der Waals surface area contributed by atoms with Crippen LogP contribution in [0.15, 0.2) is 30.3 Å². The fraction of sp³-hybridized carbons (Fsp3) is 0.250. The highest BCUT2D eigenvalue weighted by molar-refractivity contribution is 5.86. The fourth-order valence-corrected chi connectivity index (χ4v) is 1.26. The SMILES string of the molecule is CCC(C#CC(=O)O)c1ccccc1. The lowest BCUT2D eigenvalue weighted by atomic mass is 9.97. The van der Waals surface area contributed by atoms with Crippen LogP contribution in [0.1, 0.15) is 24.8 Å². The highest BCUT2D eigenvalue weighted by Crippen LogP contribution is 2.17. The van der Waals surface area contributed by atoms with Crippen LogP contribution < -0.4 is 0 Å². The van der Waals surface area contributed by atoms with Gasteiger partial charge >= 0.3 is 5.97 Å². The van der Waals surface area contributed by atoms with Gasteiger partial charge in [-0.05, 0) is 12.0 Å². The summed E-state index contributed by atoms with van der Waals surface area (Å²) in [7, 11) is 0. The van der Waals surface area contributed by atoms with Crippen molar-refractivity contribution >= 4 is 5.97 Å².